The Kier molecular flexibility index (Phi) is 6.98. The minimum Gasteiger partial charge on any atom is -0.494 e. The van der Waals surface area contributed by atoms with E-state index in [1.54, 1.807) is 18.3 Å². The summed E-state index contributed by atoms with van der Waals surface area (Å²) in [7, 11) is -1.82. The van der Waals surface area contributed by atoms with Crippen LogP contribution in [0.2, 0.25) is 18.1 Å². The van der Waals surface area contributed by atoms with Crippen LogP contribution in [0.5, 0.6) is 11.8 Å². The topological polar surface area (TPSA) is 83.3 Å². The van der Waals surface area contributed by atoms with Gasteiger partial charge in [0, 0.05) is 42.1 Å². The Bertz CT molecular complexity index is 1440. The Balaban J connectivity index is 1.65. The quantitative estimate of drug-likeness (QED) is 0.161. The van der Waals surface area contributed by atoms with E-state index in [0.717, 1.165) is 17.5 Å². The summed E-state index contributed by atoms with van der Waals surface area (Å²) in [5.74, 6) is 5.11. The Morgan fingerprint density at radius 1 is 1.08 bits per heavy atom. The van der Waals surface area contributed by atoms with E-state index >= 15 is 0 Å². The second kappa shape index (κ2) is 9.84. The maximum Gasteiger partial charge on any atom is 0.208 e. The van der Waals surface area contributed by atoms with E-state index in [4.69, 9.17) is 4.43 Å². The molecule has 0 radical (unpaired) electrons. The average molecular weight is 506 g/mol. The van der Waals surface area contributed by atoms with Gasteiger partial charge in [-0.2, -0.15) is 0 Å². The number of halogens is 1. The van der Waals surface area contributed by atoms with Crippen molar-refractivity contribution in [3.63, 3.8) is 0 Å². The molecule has 188 valence electrons. The van der Waals surface area contributed by atoms with Crippen molar-refractivity contribution in [3.05, 3.63) is 65.7 Å². The number of aryl methyl sites for hydroxylation is 1. The molecule has 0 aliphatic carbocycles. The van der Waals surface area contributed by atoms with Crippen LogP contribution in [0.4, 0.5) is 4.39 Å². The lowest BCUT2D eigenvalue weighted by atomic mass is 10.0. The molecule has 0 unspecified atom stereocenters. The summed E-state index contributed by atoms with van der Waals surface area (Å²) in [6.45, 7) is 12.5. The fourth-order valence-corrected chi connectivity index (χ4v) is 4.88. The van der Waals surface area contributed by atoms with Crippen LogP contribution >= 0.6 is 0 Å². The zero-order chi connectivity index (χ0) is 26.1. The highest BCUT2D eigenvalue weighted by Crippen LogP contribution is 2.41. The lowest BCUT2D eigenvalue weighted by Crippen LogP contribution is -2.41. The maximum absolute atomic E-state index is 13.2. The summed E-state index contributed by atoms with van der Waals surface area (Å²) in [6.07, 6.45) is 4.47. The number of benzene rings is 1. The van der Waals surface area contributed by atoms with Gasteiger partial charge in [0.05, 0.1) is 11.1 Å². The van der Waals surface area contributed by atoms with Crippen LogP contribution < -0.4 is 0 Å². The van der Waals surface area contributed by atoms with Gasteiger partial charge in [0.1, 0.15) is 11.5 Å². The van der Waals surface area contributed by atoms with E-state index in [2.05, 4.69) is 55.7 Å². The number of hydrogen-bond acceptors (Lipinski definition) is 4. The van der Waals surface area contributed by atoms with Gasteiger partial charge in [-0.25, -0.2) is 9.37 Å². The first-order valence-corrected chi connectivity index (χ1v) is 14.9. The minimum absolute atomic E-state index is 0.154. The van der Waals surface area contributed by atoms with Crippen molar-refractivity contribution in [1.82, 2.24) is 14.5 Å². The standard InChI is InChI=1S/C28H32FN3O3Si/c1-28(2,3)36(4,5)35-17-7-16-32-18-23(21-8-6-15-30-25(21)32)24-22(26(33)31-27(24)34)14-11-19-9-12-20(29)13-10-19/h6,8-10,12-13,15,18,31,33-34H,7,16-17H2,1-5H3. The van der Waals surface area contributed by atoms with Crippen molar-refractivity contribution >= 4 is 19.4 Å². The molecule has 1 aromatic carbocycles. The Labute approximate surface area is 211 Å². The highest BCUT2D eigenvalue weighted by molar-refractivity contribution is 6.74. The van der Waals surface area contributed by atoms with Gasteiger partial charge in [0.25, 0.3) is 0 Å². The molecule has 3 heterocycles. The molecule has 0 amide bonds. The number of aromatic nitrogens is 3. The van der Waals surface area contributed by atoms with Crippen LogP contribution in [-0.2, 0) is 11.0 Å². The van der Waals surface area contributed by atoms with Crippen LogP contribution in [0, 0.1) is 17.7 Å². The predicted octanol–water partition coefficient (Wildman–Crippen LogP) is 6.39. The lowest BCUT2D eigenvalue weighted by Gasteiger charge is -2.36. The van der Waals surface area contributed by atoms with Gasteiger partial charge in [-0.3, -0.25) is 4.98 Å². The summed E-state index contributed by atoms with van der Waals surface area (Å²) in [5, 5.41) is 22.1. The van der Waals surface area contributed by atoms with Crippen LogP contribution in [0.1, 0.15) is 38.3 Å². The van der Waals surface area contributed by atoms with E-state index in [9.17, 15) is 14.6 Å². The Hall–Kier alpha value is -3.54. The normalized spacial score (nSPS) is 12.1. The largest absolute Gasteiger partial charge is 0.494 e. The van der Waals surface area contributed by atoms with Crippen LogP contribution in [-0.4, -0.2) is 39.7 Å². The molecule has 4 rings (SSSR count). The molecule has 4 aromatic rings. The van der Waals surface area contributed by atoms with Crippen LogP contribution in [0.3, 0.4) is 0 Å². The van der Waals surface area contributed by atoms with Gasteiger partial charge >= 0.3 is 0 Å². The molecule has 0 bridgehead atoms. The Morgan fingerprint density at radius 2 is 1.81 bits per heavy atom. The molecule has 6 nitrogen and oxygen atoms in total. The molecule has 0 saturated carbocycles. The second-order valence-electron chi connectivity index (χ2n) is 10.4. The van der Waals surface area contributed by atoms with Gasteiger partial charge < -0.3 is 19.2 Å². The van der Waals surface area contributed by atoms with Crippen molar-refractivity contribution < 1.29 is 19.0 Å². The summed E-state index contributed by atoms with van der Waals surface area (Å²) >= 11 is 0. The number of rotatable bonds is 6. The first-order valence-electron chi connectivity index (χ1n) is 12.0. The van der Waals surface area contributed by atoms with Gasteiger partial charge in [0.15, 0.2) is 8.32 Å². The van der Waals surface area contributed by atoms with E-state index in [-0.39, 0.29) is 28.2 Å². The number of nitrogens with one attached hydrogen (secondary N) is 1. The molecule has 0 atom stereocenters. The molecule has 0 aliphatic rings. The third kappa shape index (κ3) is 5.18. The van der Waals surface area contributed by atoms with Crippen molar-refractivity contribution in [3.8, 4) is 34.7 Å². The molecule has 0 spiro atoms. The minimum atomic E-state index is -1.82. The van der Waals surface area contributed by atoms with Crippen LogP contribution in [0.15, 0.2) is 48.8 Å². The highest BCUT2D eigenvalue weighted by Gasteiger charge is 2.36. The summed E-state index contributed by atoms with van der Waals surface area (Å²) < 4.78 is 21.6. The van der Waals surface area contributed by atoms with Crippen LogP contribution in [0.25, 0.3) is 22.2 Å². The van der Waals surface area contributed by atoms with E-state index in [0.29, 0.717) is 29.8 Å². The number of aromatic amines is 1. The van der Waals surface area contributed by atoms with Gasteiger partial charge in [-0.15, -0.1) is 0 Å². The van der Waals surface area contributed by atoms with Gasteiger partial charge in [-0.05, 0) is 61.0 Å². The number of hydrogen-bond donors (Lipinski definition) is 3. The number of pyridine rings is 1. The predicted molar refractivity (Wildman–Crippen MR) is 143 cm³/mol. The average Bonchev–Trinajstić information content (AvgIpc) is 3.31. The smallest absolute Gasteiger partial charge is 0.208 e. The highest BCUT2D eigenvalue weighted by atomic mass is 28.4. The molecule has 0 fully saturated rings. The van der Waals surface area contributed by atoms with Crippen molar-refractivity contribution in [2.24, 2.45) is 0 Å². The number of H-pyrrole nitrogens is 1. The molecule has 0 saturated heterocycles. The third-order valence-corrected chi connectivity index (χ3v) is 11.4. The summed E-state index contributed by atoms with van der Waals surface area (Å²) in [4.78, 5) is 7.15. The van der Waals surface area contributed by atoms with Crippen molar-refractivity contribution in [2.75, 3.05) is 6.61 Å². The van der Waals surface area contributed by atoms with E-state index in [1.807, 2.05) is 22.9 Å². The molecule has 8 heteroatoms. The zero-order valence-corrected chi connectivity index (χ0v) is 22.3. The summed E-state index contributed by atoms with van der Waals surface area (Å²) in [6, 6.07) is 9.55. The summed E-state index contributed by atoms with van der Waals surface area (Å²) in [5.41, 5.74) is 2.74. The first-order chi connectivity index (χ1) is 17.0. The first kappa shape index (κ1) is 25.5. The molecular formula is C28H32FN3O3Si. The third-order valence-electron chi connectivity index (χ3n) is 6.85. The number of fused-ring (bicyclic) bond motifs is 1. The van der Waals surface area contributed by atoms with Gasteiger partial charge in [-0.1, -0.05) is 32.6 Å². The second-order valence-corrected chi connectivity index (χ2v) is 15.2. The molecule has 0 aliphatic heterocycles. The lowest BCUT2D eigenvalue weighted by molar-refractivity contribution is 0.275. The maximum atomic E-state index is 13.2. The SMILES string of the molecule is CC(C)(C)[Si](C)(C)OCCCn1cc(-c2c(O)[nH]c(O)c2C#Cc2ccc(F)cc2)c2cccnc21. The number of nitrogens with zero attached hydrogens (tertiary/aromatic N) is 2. The van der Waals surface area contributed by atoms with Crippen molar-refractivity contribution in [2.45, 2.75) is 51.9 Å². The fourth-order valence-electron chi connectivity index (χ4n) is 3.80. The molecule has 36 heavy (non-hydrogen) atoms. The van der Waals surface area contributed by atoms with E-state index < -0.39 is 8.32 Å². The molecule has 3 aromatic heterocycles. The molecule has 3 N–H and O–H groups in total. The number of aromatic hydroxyl groups is 2. The fraction of sp³-hybridized carbons (Fsp3) is 0.321. The van der Waals surface area contributed by atoms with E-state index in [1.165, 1.54) is 12.1 Å². The Morgan fingerprint density at radius 3 is 2.50 bits per heavy atom. The van der Waals surface area contributed by atoms with Gasteiger partial charge in [0.2, 0.25) is 11.8 Å². The van der Waals surface area contributed by atoms with Crippen molar-refractivity contribution in [1.29, 1.82) is 0 Å². The molecular weight excluding hydrogens is 473 g/mol. The zero-order valence-electron chi connectivity index (χ0n) is 21.3. The monoisotopic (exact) mass is 505 g/mol.